The number of sulfonamides is 1. The summed E-state index contributed by atoms with van der Waals surface area (Å²) in [6, 6.07) is 5.08. The molecule has 1 atom stereocenters. The second-order valence-corrected chi connectivity index (χ2v) is 8.87. The molecule has 4 nitrogen and oxygen atoms in total. The molecule has 1 aromatic carbocycles. The topological polar surface area (TPSA) is 72.2 Å². The monoisotopic (exact) mass is 314 g/mol. The van der Waals surface area contributed by atoms with Crippen LogP contribution >= 0.6 is 11.8 Å². The number of hydrogen-bond acceptors (Lipinski definition) is 4. The van der Waals surface area contributed by atoms with Gasteiger partial charge in [-0.1, -0.05) is 13.0 Å². The van der Waals surface area contributed by atoms with Gasteiger partial charge < -0.3 is 5.73 Å². The minimum atomic E-state index is -3.49. The van der Waals surface area contributed by atoms with Crippen molar-refractivity contribution in [3.8, 4) is 0 Å². The second kappa shape index (κ2) is 5.95. The fraction of sp³-hybridized carbons (Fsp3) is 0.571. The van der Waals surface area contributed by atoms with Crippen LogP contribution in [0.1, 0.15) is 32.3 Å². The summed E-state index contributed by atoms with van der Waals surface area (Å²) in [6.07, 6.45) is 2.88. The summed E-state index contributed by atoms with van der Waals surface area (Å²) >= 11 is 1.84. The number of nitrogens with one attached hydrogen (secondary N) is 1. The lowest BCUT2D eigenvalue weighted by Gasteiger charge is -2.23. The normalized spacial score (nSPS) is 23.1. The smallest absolute Gasteiger partial charge is 0.240 e. The third-order valence-corrected chi connectivity index (χ3v) is 6.72. The van der Waals surface area contributed by atoms with E-state index in [4.69, 9.17) is 5.73 Å². The number of anilines is 1. The Bertz CT molecular complexity index is 579. The minimum absolute atomic E-state index is 0.0137. The van der Waals surface area contributed by atoms with E-state index in [0.717, 1.165) is 24.2 Å². The highest BCUT2D eigenvalue weighted by molar-refractivity contribution is 8.01. The van der Waals surface area contributed by atoms with Gasteiger partial charge in [0.2, 0.25) is 10.0 Å². The van der Waals surface area contributed by atoms with Crippen molar-refractivity contribution in [2.75, 3.05) is 18.0 Å². The molecule has 0 spiro atoms. The highest BCUT2D eigenvalue weighted by Gasteiger charge is 2.31. The molecule has 1 heterocycles. The summed E-state index contributed by atoms with van der Waals surface area (Å²) in [6.45, 7) is 4.53. The van der Waals surface area contributed by atoms with Gasteiger partial charge in [0.1, 0.15) is 0 Å². The maximum Gasteiger partial charge on any atom is 0.240 e. The van der Waals surface area contributed by atoms with Gasteiger partial charge in [0, 0.05) is 17.0 Å². The first-order valence-electron chi connectivity index (χ1n) is 6.88. The van der Waals surface area contributed by atoms with Gasteiger partial charge in [-0.05, 0) is 49.6 Å². The maximum atomic E-state index is 12.5. The van der Waals surface area contributed by atoms with Crippen molar-refractivity contribution in [1.82, 2.24) is 4.72 Å². The van der Waals surface area contributed by atoms with Gasteiger partial charge in [0.05, 0.1) is 4.90 Å². The standard InChI is InChI=1S/C14H22N2O2S2/c1-3-11-5-6-12(15)9-13(11)20(17,18)16-10-14(2)7-4-8-19-14/h5-6,9,16H,3-4,7-8,10,15H2,1-2H3. The number of nitrogens with two attached hydrogens (primary N) is 1. The van der Waals surface area contributed by atoms with Crippen molar-refractivity contribution < 1.29 is 8.42 Å². The molecule has 0 amide bonds. The molecule has 112 valence electrons. The summed E-state index contributed by atoms with van der Waals surface area (Å²) in [5.41, 5.74) is 7.00. The van der Waals surface area contributed by atoms with Gasteiger partial charge >= 0.3 is 0 Å². The van der Waals surface area contributed by atoms with Crippen LogP contribution in [0.2, 0.25) is 0 Å². The van der Waals surface area contributed by atoms with Gasteiger partial charge in [0.25, 0.3) is 0 Å². The predicted molar refractivity (Wildman–Crippen MR) is 85.5 cm³/mol. The van der Waals surface area contributed by atoms with Crippen LogP contribution in [0.5, 0.6) is 0 Å². The Kier molecular flexibility index (Phi) is 4.66. The van der Waals surface area contributed by atoms with Crippen molar-refractivity contribution in [3.05, 3.63) is 23.8 Å². The van der Waals surface area contributed by atoms with E-state index in [-0.39, 0.29) is 4.75 Å². The number of thioether (sulfide) groups is 1. The van der Waals surface area contributed by atoms with Crippen LogP contribution in [0.3, 0.4) is 0 Å². The molecule has 1 aliphatic rings. The van der Waals surface area contributed by atoms with Crippen LogP contribution in [-0.2, 0) is 16.4 Å². The lowest BCUT2D eigenvalue weighted by molar-refractivity contribution is 0.552. The molecule has 20 heavy (non-hydrogen) atoms. The van der Waals surface area contributed by atoms with Gasteiger partial charge in [-0.3, -0.25) is 0 Å². The Morgan fingerprint density at radius 2 is 2.20 bits per heavy atom. The molecular weight excluding hydrogens is 292 g/mol. The SMILES string of the molecule is CCc1ccc(N)cc1S(=O)(=O)NCC1(C)CCCS1. The van der Waals surface area contributed by atoms with E-state index in [1.165, 1.54) is 0 Å². The Hall–Kier alpha value is -0.720. The highest BCUT2D eigenvalue weighted by Crippen LogP contribution is 2.37. The van der Waals surface area contributed by atoms with E-state index in [1.54, 1.807) is 18.2 Å². The Morgan fingerprint density at radius 3 is 2.80 bits per heavy atom. The van der Waals surface area contributed by atoms with Crippen molar-refractivity contribution >= 4 is 27.5 Å². The third-order valence-electron chi connectivity index (χ3n) is 3.70. The first-order chi connectivity index (χ1) is 9.36. The Labute approximate surface area is 125 Å². The quantitative estimate of drug-likeness (QED) is 0.819. The fourth-order valence-electron chi connectivity index (χ4n) is 2.42. The molecule has 0 aliphatic carbocycles. The molecule has 2 rings (SSSR count). The summed E-state index contributed by atoms with van der Waals surface area (Å²) in [5, 5.41) is 0. The molecular formula is C14H22N2O2S2. The molecule has 0 bridgehead atoms. The maximum absolute atomic E-state index is 12.5. The number of aryl methyl sites for hydroxylation is 1. The Morgan fingerprint density at radius 1 is 1.45 bits per heavy atom. The average molecular weight is 314 g/mol. The summed E-state index contributed by atoms with van der Waals surface area (Å²) < 4.78 is 27.7. The van der Waals surface area contributed by atoms with Crippen molar-refractivity contribution in [2.45, 2.75) is 42.8 Å². The van der Waals surface area contributed by atoms with Crippen LogP contribution in [-0.4, -0.2) is 25.5 Å². The lowest BCUT2D eigenvalue weighted by atomic mass is 10.1. The zero-order valence-corrected chi connectivity index (χ0v) is 13.6. The van der Waals surface area contributed by atoms with E-state index in [0.29, 0.717) is 23.5 Å². The molecule has 1 aromatic rings. The van der Waals surface area contributed by atoms with Crippen LogP contribution in [0.4, 0.5) is 5.69 Å². The number of rotatable bonds is 5. The van der Waals surface area contributed by atoms with Crippen LogP contribution in [0.25, 0.3) is 0 Å². The molecule has 1 unspecified atom stereocenters. The van der Waals surface area contributed by atoms with Crippen molar-refractivity contribution in [3.63, 3.8) is 0 Å². The van der Waals surface area contributed by atoms with Crippen LogP contribution < -0.4 is 10.5 Å². The zero-order valence-electron chi connectivity index (χ0n) is 12.0. The summed E-state index contributed by atoms with van der Waals surface area (Å²) in [7, 11) is -3.49. The minimum Gasteiger partial charge on any atom is -0.399 e. The van der Waals surface area contributed by atoms with Gasteiger partial charge in [-0.2, -0.15) is 11.8 Å². The number of benzene rings is 1. The van der Waals surface area contributed by atoms with E-state index in [9.17, 15) is 8.42 Å². The van der Waals surface area contributed by atoms with E-state index < -0.39 is 10.0 Å². The summed E-state index contributed by atoms with van der Waals surface area (Å²) in [4.78, 5) is 0.312. The molecule has 0 saturated carbocycles. The first-order valence-corrected chi connectivity index (χ1v) is 9.35. The van der Waals surface area contributed by atoms with Crippen molar-refractivity contribution in [1.29, 1.82) is 0 Å². The van der Waals surface area contributed by atoms with E-state index in [2.05, 4.69) is 11.6 Å². The van der Waals surface area contributed by atoms with Crippen LogP contribution in [0.15, 0.2) is 23.1 Å². The number of nitrogen functional groups attached to an aromatic ring is 1. The molecule has 6 heteroatoms. The van der Waals surface area contributed by atoms with E-state index in [1.807, 2.05) is 18.7 Å². The fourth-order valence-corrected chi connectivity index (χ4v) is 5.26. The average Bonchev–Trinajstić information content (AvgIpc) is 2.84. The molecule has 1 fully saturated rings. The zero-order chi connectivity index (χ0) is 14.8. The lowest BCUT2D eigenvalue weighted by Crippen LogP contribution is -2.37. The molecule has 1 aliphatic heterocycles. The Balaban J connectivity index is 2.20. The van der Waals surface area contributed by atoms with Gasteiger partial charge in [-0.25, -0.2) is 13.1 Å². The molecule has 3 N–H and O–H groups in total. The largest absolute Gasteiger partial charge is 0.399 e. The molecule has 0 aromatic heterocycles. The van der Waals surface area contributed by atoms with Gasteiger partial charge in [0.15, 0.2) is 0 Å². The summed E-state index contributed by atoms with van der Waals surface area (Å²) in [5.74, 6) is 1.11. The third kappa shape index (κ3) is 3.48. The number of hydrogen-bond donors (Lipinski definition) is 2. The predicted octanol–water partition coefficient (Wildman–Crippen LogP) is 2.40. The van der Waals surface area contributed by atoms with Crippen LogP contribution in [0, 0.1) is 0 Å². The molecule has 0 radical (unpaired) electrons. The first kappa shape index (κ1) is 15.7. The van der Waals surface area contributed by atoms with E-state index >= 15 is 0 Å². The molecule has 1 saturated heterocycles. The highest BCUT2D eigenvalue weighted by atomic mass is 32.2. The van der Waals surface area contributed by atoms with Gasteiger partial charge in [-0.15, -0.1) is 0 Å². The van der Waals surface area contributed by atoms with Crippen molar-refractivity contribution in [2.24, 2.45) is 0 Å². The second-order valence-electron chi connectivity index (χ2n) is 5.45.